The Kier molecular flexibility index (Phi) is 4.01. The first-order valence-electron chi connectivity index (χ1n) is 7.43. The molecule has 2 heterocycles. The van der Waals surface area contributed by atoms with E-state index in [2.05, 4.69) is 26.6 Å². The summed E-state index contributed by atoms with van der Waals surface area (Å²) in [6.07, 6.45) is 3.88. The number of ether oxygens (including phenoxy) is 1. The maximum Gasteiger partial charge on any atom is 0.274 e. The second-order valence-electron chi connectivity index (χ2n) is 5.85. The molecular weight excluding hydrogens is 288 g/mol. The Morgan fingerprint density at radius 1 is 1.43 bits per heavy atom. The van der Waals surface area contributed by atoms with E-state index >= 15 is 0 Å². The maximum absolute atomic E-state index is 7.60. The van der Waals surface area contributed by atoms with Crippen LogP contribution in [0.2, 0.25) is 5.28 Å². The van der Waals surface area contributed by atoms with Crippen LogP contribution in [0.25, 0.3) is 4.85 Å². The zero-order valence-electron chi connectivity index (χ0n) is 12.2. The number of rotatable bonds is 2. The van der Waals surface area contributed by atoms with E-state index in [4.69, 9.17) is 22.9 Å². The molecule has 0 bridgehead atoms. The molecule has 2 fully saturated rings. The van der Waals surface area contributed by atoms with Gasteiger partial charge in [-0.15, -0.1) is 0 Å². The zero-order chi connectivity index (χ0) is 14.9. The Bertz CT molecular complexity index is 565. The topological polar surface area (TPSA) is 42.6 Å². The molecule has 0 spiro atoms. The second kappa shape index (κ2) is 5.78. The molecule has 1 saturated heterocycles. The summed E-state index contributed by atoms with van der Waals surface area (Å²) in [6, 6.07) is 2.21. The largest absolute Gasteiger partial charge is 0.377 e. The highest BCUT2D eigenvalue weighted by molar-refractivity contribution is 6.28. The Morgan fingerprint density at radius 2 is 2.19 bits per heavy atom. The molecule has 0 N–H and O–H groups in total. The molecule has 1 aliphatic carbocycles. The third kappa shape index (κ3) is 2.70. The first-order valence-corrected chi connectivity index (χ1v) is 7.80. The van der Waals surface area contributed by atoms with Crippen molar-refractivity contribution in [1.29, 1.82) is 0 Å². The second-order valence-corrected chi connectivity index (χ2v) is 6.19. The minimum atomic E-state index is -0.503. The van der Waals surface area contributed by atoms with Gasteiger partial charge < -0.3 is 14.5 Å². The van der Waals surface area contributed by atoms with Crippen molar-refractivity contribution >= 4 is 17.4 Å². The van der Waals surface area contributed by atoms with Crippen LogP contribution in [0.3, 0.4) is 0 Å². The smallest absolute Gasteiger partial charge is 0.274 e. The summed E-state index contributed by atoms with van der Waals surface area (Å²) in [4.78, 5) is 14.8. The van der Waals surface area contributed by atoms with Gasteiger partial charge in [-0.3, -0.25) is 0 Å². The molecule has 6 heteroatoms. The first-order chi connectivity index (χ1) is 10.1. The van der Waals surface area contributed by atoms with Crippen molar-refractivity contribution in [2.45, 2.75) is 44.2 Å². The van der Waals surface area contributed by atoms with Crippen molar-refractivity contribution in [2.75, 3.05) is 24.7 Å². The molecule has 0 radical (unpaired) electrons. The van der Waals surface area contributed by atoms with Gasteiger partial charge in [0.25, 0.3) is 5.54 Å². The number of hydrogen-bond acceptors (Lipinski definition) is 4. The van der Waals surface area contributed by atoms with E-state index in [1.807, 2.05) is 6.07 Å². The summed E-state index contributed by atoms with van der Waals surface area (Å²) < 4.78 is 5.47. The van der Waals surface area contributed by atoms with Gasteiger partial charge in [0, 0.05) is 25.5 Å². The van der Waals surface area contributed by atoms with E-state index < -0.39 is 5.54 Å². The summed E-state index contributed by atoms with van der Waals surface area (Å²) in [7, 11) is 0. The van der Waals surface area contributed by atoms with Crippen LogP contribution in [0.4, 0.5) is 5.82 Å². The van der Waals surface area contributed by atoms with E-state index in [0.717, 1.165) is 43.7 Å². The van der Waals surface area contributed by atoms with Gasteiger partial charge in [0.15, 0.2) is 0 Å². The standard InChI is InChI=1S/C15H19ClN4O/c1-11-10-21-8-7-20(11)13-9-12(18-14(16)19-13)15(17-2)5-3-4-6-15/h9,11H,3-8,10H2,1H3/t11-/m1/s1. The summed E-state index contributed by atoms with van der Waals surface area (Å²) in [5.41, 5.74) is 0.278. The van der Waals surface area contributed by atoms with E-state index in [0.29, 0.717) is 13.2 Å². The molecule has 1 aromatic heterocycles. The normalized spacial score (nSPS) is 24.8. The lowest BCUT2D eigenvalue weighted by Crippen LogP contribution is -2.44. The van der Waals surface area contributed by atoms with E-state index in [1.165, 1.54) is 0 Å². The van der Waals surface area contributed by atoms with Crippen LogP contribution in [0.5, 0.6) is 0 Å². The number of halogens is 1. The highest BCUT2D eigenvalue weighted by Gasteiger charge is 2.44. The molecule has 2 aliphatic rings. The monoisotopic (exact) mass is 306 g/mol. The molecule has 112 valence electrons. The molecule has 1 aliphatic heterocycles. The number of anilines is 1. The average Bonchev–Trinajstić information content (AvgIpc) is 2.97. The summed E-state index contributed by atoms with van der Waals surface area (Å²) in [5, 5.41) is 0.233. The van der Waals surface area contributed by atoms with Gasteiger partial charge in [-0.2, -0.15) is 0 Å². The number of morpholine rings is 1. The van der Waals surface area contributed by atoms with Crippen LogP contribution in [0.15, 0.2) is 6.07 Å². The third-order valence-corrected chi connectivity index (χ3v) is 4.64. The number of nitrogens with zero attached hydrogens (tertiary/aromatic N) is 4. The lowest BCUT2D eigenvalue weighted by molar-refractivity contribution is 0.0985. The van der Waals surface area contributed by atoms with Gasteiger partial charge in [0.05, 0.1) is 19.3 Å². The third-order valence-electron chi connectivity index (χ3n) is 4.47. The van der Waals surface area contributed by atoms with Crippen molar-refractivity contribution in [3.63, 3.8) is 0 Å². The molecule has 0 unspecified atom stereocenters. The summed E-state index contributed by atoms with van der Waals surface area (Å²) in [6.45, 7) is 11.9. The zero-order valence-corrected chi connectivity index (χ0v) is 12.9. The molecule has 1 saturated carbocycles. The van der Waals surface area contributed by atoms with Gasteiger partial charge >= 0.3 is 0 Å². The van der Waals surface area contributed by atoms with Gasteiger partial charge in [-0.05, 0) is 31.4 Å². The highest BCUT2D eigenvalue weighted by Crippen LogP contribution is 2.42. The average molecular weight is 307 g/mol. The SMILES string of the molecule is [C-]#[N+]C1(c2cc(N3CCOC[C@H]3C)nc(Cl)n2)CCCC1. The van der Waals surface area contributed by atoms with Crippen molar-refractivity contribution in [3.05, 3.63) is 28.5 Å². The minimum absolute atomic E-state index is 0.233. The molecule has 5 nitrogen and oxygen atoms in total. The van der Waals surface area contributed by atoms with Gasteiger partial charge in [-0.1, -0.05) is 0 Å². The first kappa shape index (κ1) is 14.6. The van der Waals surface area contributed by atoms with Gasteiger partial charge in [0.2, 0.25) is 5.28 Å². The predicted molar refractivity (Wildman–Crippen MR) is 81.4 cm³/mol. The molecule has 21 heavy (non-hydrogen) atoms. The quantitative estimate of drug-likeness (QED) is 0.622. The van der Waals surface area contributed by atoms with Crippen LogP contribution in [0.1, 0.15) is 38.3 Å². The Hall–Kier alpha value is -1.38. The van der Waals surface area contributed by atoms with E-state index in [9.17, 15) is 0 Å². The molecule has 3 rings (SSSR count). The van der Waals surface area contributed by atoms with Crippen LogP contribution < -0.4 is 4.90 Å². The van der Waals surface area contributed by atoms with Crippen LogP contribution in [-0.2, 0) is 10.3 Å². The fourth-order valence-electron chi connectivity index (χ4n) is 3.24. The number of hydrogen-bond donors (Lipinski definition) is 0. The number of aromatic nitrogens is 2. The van der Waals surface area contributed by atoms with Crippen molar-refractivity contribution in [2.24, 2.45) is 0 Å². The van der Waals surface area contributed by atoms with Crippen LogP contribution in [0, 0.1) is 6.57 Å². The van der Waals surface area contributed by atoms with Gasteiger partial charge in [0.1, 0.15) is 11.5 Å². The van der Waals surface area contributed by atoms with E-state index in [1.54, 1.807) is 0 Å². The Morgan fingerprint density at radius 3 is 2.86 bits per heavy atom. The van der Waals surface area contributed by atoms with Crippen molar-refractivity contribution in [1.82, 2.24) is 9.97 Å². The van der Waals surface area contributed by atoms with Gasteiger partial charge in [-0.25, -0.2) is 16.5 Å². The lowest BCUT2D eigenvalue weighted by Gasteiger charge is -2.34. The fraction of sp³-hybridized carbons (Fsp3) is 0.667. The molecule has 0 amide bonds. The maximum atomic E-state index is 7.60. The van der Waals surface area contributed by atoms with Crippen molar-refractivity contribution < 1.29 is 4.74 Å². The molecule has 0 aromatic carbocycles. The van der Waals surface area contributed by atoms with Crippen LogP contribution in [-0.4, -0.2) is 35.8 Å². The fourth-order valence-corrected chi connectivity index (χ4v) is 3.42. The van der Waals surface area contributed by atoms with Crippen LogP contribution >= 0.6 is 11.6 Å². The predicted octanol–water partition coefficient (Wildman–Crippen LogP) is 3.04. The van der Waals surface area contributed by atoms with E-state index in [-0.39, 0.29) is 11.3 Å². The molecule has 1 atom stereocenters. The highest BCUT2D eigenvalue weighted by atomic mass is 35.5. The lowest BCUT2D eigenvalue weighted by atomic mass is 9.94. The summed E-state index contributed by atoms with van der Waals surface area (Å²) in [5.74, 6) is 0.815. The Labute approximate surface area is 130 Å². The Balaban J connectivity index is 1.98. The molecular formula is C15H19ClN4O. The summed E-state index contributed by atoms with van der Waals surface area (Å²) >= 11 is 6.13. The minimum Gasteiger partial charge on any atom is -0.377 e. The van der Waals surface area contributed by atoms with Crippen molar-refractivity contribution in [3.8, 4) is 0 Å². The molecule has 1 aromatic rings.